The van der Waals surface area contributed by atoms with Crippen LogP contribution >= 0.6 is 0 Å². The fourth-order valence-electron chi connectivity index (χ4n) is 2.84. The van der Waals surface area contributed by atoms with Crippen LogP contribution in [-0.4, -0.2) is 25.7 Å². The van der Waals surface area contributed by atoms with E-state index in [0.29, 0.717) is 17.2 Å². The summed E-state index contributed by atoms with van der Waals surface area (Å²) in [5, 5.41) is 5.59. The van der Waals surface area contributed by atoms with Crippen LogP contribution in [0.4, 0.5) is 15.8 Å². The standard InChI is InChI=1S/C19H20FN7O/c1-13-3-2-4-17(20)18(13)27(25-19(28)15-7-21-12-22-8-15)24-16-9-23-26(11-16)10-14-5-6-14/h2-4,7-9,11-12,14,24H,5-6,10H2,1H3,(H,25,28). The van der Waals surface area contributed by atoms with Gasteiger partial charge in [0.25, 0.3) is 5.91 Å². The first-order chi connectivity index (χ1) is 13.6. The second-order valence-corrected chi connectivity index (χ2v) is 6.82. The number of benzene rings is 1. The molecule has 144 valence electrons. The minimum absolute atomic E-state index is 0.211. The topological polar surface area (TPSA) is 88.0 Å². The molecule has 1 aliphatic carbocycles. The van der Waals surface area contributed by atoms with E-state index in [-0.39, 0.29) is 11.3 Å². The molecule has 8 nitrogen and oxygen atoms in total. The number of carbonyl (C=O) groups excluding carboxylic acids is 1. The molecule has 1 saturated carbocycles. The Hall–Kier alpha value is -3.49. The summed E-state index contributed by atoms with van der Waals surface area (Å²) >= 11 is 0. The first kappa shape index (κ1) is 17.9. The van der Waals surface area contributed by atoms with E-state index in [2.05, 4.69) is 25.9 Å². The highest BCUT2D eigenvalue weighted by atomic mass is 19.1. The van der Waals surface area contributed by atoms with Crippen LogP contribution in [0.15, 0.2) is 49.3 Å². The van der Waals surface area contributed by atoms with Gasteiger partial charge in [0.05, 0.1) is 17.4 Å². The van der Waals surface area contributed by atoms with Crippen LogP contribution in [-0.2, 0) is 6.54 Å². The van der Waals surface area contributed by atoms with Crippen molar-refractivity contribution in [2.24, 2.45) is 5.92 Å². The van der Waals surface area contributed by atoms with Gasteiger partial charge in [-0.15, -0.1) is 0 Å². The molecule has 2 heterocycles. The second kappa shape index (κ2) is 7.63. The number of amides is 1. The molecule has 1 aliphatic rings. The number of nitrogens with one attached hydrogen (secondary N) is 2. The summed E-state index contributed by atoms with van der Waals surface area (Å²) in [7, 11) is 0. The molecule has 2 aromatic heterocycles. The van der Waals surface area contributed by atoms with Crippen molar-refractivity contribution >= 4 is 17.3 Å². The lowest BCUT2D eigenvalue weighted by Crippen LogP contribution is -2.47. The predicted octanol–water partition coefficient (Wildman–Crippen LogP) is 2.71. The third-order valence-electron chi connectivity index (χ3n) is 4.46. The molecular formula is C19H20FN7O. The molecule has 0 atom stereocenters. The van der Waals surface area contributed by atoms with Crippen molar-refractivity contribution in [2.75, 3.05) is 10.5 Å². The van der Waals surface area contributed by atoms with Crippen molar-refractivity contribution < 1.29 is 9.18 Å². The van der Waals surface area contributed by atoms with E-state index in [9.17, 15) is 9.18 Å². The third kappa shape index (κ3) is 4.08. The molecule has 28 heavy (non-hydrogen) atoms. The molecule has 0 spiro atoms. The van der Waals surface area contributed by atoms with E-state index in [1.54, 1.807) is 25.3 Å². The number of rotatable bonds is 7. The maximum absolute atomic E-state index is 14.6. The van der Waals surface area contributed by atoms with E-state index in [0.717, 1.165) is 6.54 Å². The molecule has 3 aromatic rings. The number of anilines is 2. The summed E-state index contributed by atoms with van der Waals surface area (Å²) in [5.74, 6) is -0.265. The number of carbonyl (C=O) groups is 1. The highest BCUT2D eigenvalue weighted by Crippen LogP contribution is 2.30. The maximum Gasteiger partial charge on any atom is 0.274 e. The van der Waals surface area contributed by atoms with Crippen LogP contribution < -0.4 is 16.0 Å². The van der Waals surface area contributed by atoms with Crippen molar-refractivity contribution in [2.45, 2.75) is 26.3 Å². The fourth-order valence-corrected chi connectivity index (χ4v) is 2.84. The minimum Gasteiger partial charge on any atom is -0.276 e. The second-order valence-electron chi connectivity index (χ2n) is 6.82. The average molecular weight is 381 g/mol. The Morgan fingerprint density at radius 3 is 2.79 bits per heavy atom. The van der Waals surface area contributed by atoms with Gasteiger partial charge in [-0.3, -0.25) is 14.9 Å². The summed E-state index contributed by atoms with van der Waals surface area (Å²) in [6.45, 7) is 2.62. The first-order valence-electron chi connectivity index (χ1n) is 9.00. The molecule has 1 amide bonds. The quantitative estimate of drug-likeness (QED) is 0.612. The van der Waals surface area contributed by atoms with Crippen molar-refractivity contribution in [3.63, 3.8) is 0 Å². The molecule has 1 aromatic carbocycles. The lowest BCUT2D eigenvalue weighted by atomic mass is 10.2. The zero-order chi connectivity index (χ0) is 19.5. The molecule has 4 rings (SSSR count). The average Bonchev–Trinajstić information content (AvgIpc) is 3.39. The Bertz CT molecular complexity index is 951. The van der Waals surface area contributed by atoms with Gasteiger partial charge in [-0.1, -0.05) is 12.1 Å². The lowest BCUT2D eigenvalue weighted by Gasteiger charge is -2.27. The van der Waals surface area contributed by atoms with Crippen LogP contribution in [0.1, 0.15) is 28.8 Å². The summed E-state index contributed by atoms with van der Waals surface area (Å²) in [4.78, 5) is 20.3. The van der Waals surface area contributed by atoms with Crippen molar-refractivity contribution in [3.05, 3.63) is 66.3 Å². The molecule has 1 fully saturated rings. The molecule has 9 heteroatoms. The summed E-state index contributed by atoms with van der Waals surface area (Å²) in [6.07, 6.45) is 10.0. The summed E-state index contributed by atoms with van der Waals surface area (Å²) in [6, 6.07) is 4.72. The van der Waals surface area contributed by atoms with E-state index in [4.69, 9.17) is 0 Å². The van der Waals surface area contributed by atoms with Crippen molar-refractivity contribution in [1.29, 1.82) is 0 Å². The summed E-state index contributed by atoms with van der Waals surface area (Å²) < 4.78 is 16.4. The molecule has 2 N–H and O–H groups in total. The monoisotopic (exact) mass is 381 g/mol. The Balaban J connectivity index is 1.59. The molecule has 0 aliphatic heterocycles. The molecule has 0 radical (unpaired) electrons. The SMILES string of the molecule is Cc1cccc(F)c1N(NC(=O)c1cncnc1)Nc1cnn(CC2CC2)c1. The number of aromatic nitrogens is 4. The minimum atomic E-state index is -0.471. The van der Waals surface area contributed by atoms with Gasteiger partial charge in [0.1, 0.15) is 12.0 Å². The number of hydrazine groups is 2. The van der Waals surface area contributed by atoms with Crippen LogP contribution in [0.2, 0.25) is 0 Å². The molecule has 0 bridgehead atoms. The van der Waals surface area contributed by atoms with Gasteiger partial charge in [-0.2, -0.15) is 10.2 Å². The smallest absolute Gasteiger partial charge is 0.274 e. The van der Waals surface area contributed by atoms with E-state index < -0.39 is 11.7 Å². The highest BCUT2D eigenvalue weighted by Gasteiger charge is 2.23. The van der Waals surface area contributed by atoms with Gasteiger partial charge in [0.15, 0.2) is 5.82 Å². The Labute approximate surface area is 161 Å². The molecule has 0 saturated heterocycles. The van der Waals surface area contributed by atoms with E-state index in [1.165, 1.54) is 42.7 Å². The maximum atomic E-state index is 14.6. The van der Waals surface area contributed by atoms with Crippen LogP contribution in [0.3, 0.4) is 0 Å². The fraction of sp³-hybridized carbons (Fsp3) is 0.263. The highest BCUT2D eigenvalue weighted by molar-refractivity contribution is 5.94. The van der Waals surface area contributed by atoms with E-state index in [1.807, 2.05) is 10.9 Å². The third-order valence-corrected chi connectivity index (χ3v) is 4.46. The Morgan fingerprint density at radius 2 is 2.07 bits per heavy atom. The van der Waals surface area contributed by atoms with Gasteiger partial charge in [-0.25, -0.2) is 19.8 Å². The number of para-hydroxylation sites is 1. The number of nitrogens with zero attached hydrogens (tertiary/aromatic N) is 5. The molecule has 0 unspecified atom stereocenters. The van der Waals surface area contributed by atoms with Crippen LogP contribution in [0.5, 0.6) is 0 Å². The molecular weight excluding hydrogens is 361 g/mol. The predicted molar refractivity (Wildman–Crippen MR) is 102 cm³/mol. The number of halogens is 1. The lowest BCUT2D eigenvalue weighted by molar-refractivity contribution is 0.0950. The Morgan fingerprint density at radius 1 is 1.29 bits per heavy atom. The largest absolute Gasteiger partial charge is 0.276 e. The van der Waals surface area contributed by atoms with Crippen LogP contribution in [0, 0.1) is 18.7 Å². The van der Waals surface area contributed by atoms with E-state index >= 15 is 0 Å². The zero-order valence-corrected chi connectivity index (χ0v) is 15.3. The number of hydrogen-bond acceptors (Lipinski definition) is 6. The van der Waals surface area contributed by atoms with Crippen molar-refractivity contribution in [1.82, 2.24) is 25.2 Å². The van der Waals surface area contributed by atoms with Gasteiger partial charge in [0, 0.05) is 25.1 Å². The first-order valence-corrected chi connectivity index (χ1v) is 9.00. The normalized spacial score (nSPS) is 13.2. The van der Waals surface area contributed by atoms with Gasteiger partial charge < -0.3 is 0 Å². The summed E-state index contributed by atoms with van der Waals surface area (Å²) in [5.41, 5.74) is 7.45. The van der Waals surface area contributed by atoms with Gasteiger partial charge in [0.2, 0.25) is 0 Å². The van der Waals surface area contributed by atoms with Gasteiger partial charge >= 0.3 is 0 Å². The number of hydrogen-bond donors (Lipinski definition) is 2. The van der Waals surface area contributed by atoms with Crippen LogP contribution in [0.25, 0.3) is 0 Å². The Kier molecular flexibility index (Phi) is 4.88. The zero-order valence-electron chi connectivity index (χ0n) is 15.3. The van der Waals surface area contributed by atoms with Crippen molar-refractivity contribution in [3.8, 4) is 0 Å². The number of aryl methyl sites for hydroxylation is 1. The van der Waals surface area contributed by atoms with Gasteiger partial charge in [-0.05, 0) is 37.3 Å².